The van der Waals surface area contributed by atoms with Crippen LogP contribution >= 0.6 is 15.9 Å². The van der Waals surface area contributed by atoms with Gasteiger partial charge in [-0.1, -0.05) is 0 Å². The van der Waals surface area contributed by atoms with E-state index in [0.717, 1.165) is 11.3 Å². The molecule has 1 unspecified atom stereocenters. The third kappa shape index (κ3) is 3.20. The minimum Gasteiger partial charge on any atom is -0.271 e. The molecule has 0 radical (unpaired) electrons. The maximum atomic E-state index is 14.0. The number of rotatable bonds is 4. The van der Waals surface area contributed by atoms with Crippen molar-refractivity contribution >= 4 is 15.9 Å². The van der Waals surface area contributed by atoms with Crippen LogP contribution in [0.4, 0.5) is 8.78 Å². The highest BCUT2D eigenvalue weighted by atomic mass is 79.9. The number of hydrogen-bond donors (Lipinski definition) is 2. The maximum Gasteiger partial charge on any atom is 0.143 e. The lowest BCUT2D eigenvalue weighted by Crippen LogP contribution is -2.30. The zero-order valence-electron chi connectivity index (χ0n) is 10.8. The molecule has 0 saturated carbocycles. The Kier molecular flexibility index (Phi) is 4.80. The molecule has 0 aliphatic rings. The lowest BCUT2D eigenvalue weighted by molar-refractivity contribution is 0.497. The number of halogens is 3. The molecular formula is C14H14BrF2N3. The number of aromatic nitrogens is 1. The minimum atomic E-state index is -0.601. The molecule has 2 rings (SSSR count). The van der Waals surface area contributed by atoms with Gasteiger partial charge in [-0.25, -0.2) is 8.78 Å². The first-order valence-electron chi connectivity index (χ1n) is 6.04. The van der Waals surface area contributed by atoms with Crippen LogP contribution < -0.4 is 11.3 Å². The summed E-state index contributed by atoms with van der Waals surface area (Å²) >= 11 is 3.06. The Morgan fingerprint density at radius 1 is 1.35 bits per heavy atom. The topological polar surface area (TPSA) is 50.9 Å². The van der Waals surface area contributed by atoms with E-state index < -0.39 is 17.7 Å². The Bertz CT molecular complexity index is 619. The highest BCUT2D eigenvalue weighted by Gasteiger charge is 2.18. The number of nitrogens with one attached hydrogen (secondary N) is 1. The number of nitrogens with zero attached hydrogens (tertiary/aromatic N) is 1. The van der Waals surface area contributed by atoms with E-state index in [0.29, 0.717) is 0 Å². The minimum absolute atomic E-state index is 0.00297. The fourth-order valence-corrected chi connectivity index (χ4v) is 2.39. The number of hydrazine groups is 1. The fourth-order valence-electron chi connectivity index (χ4n) is 2.02. The third-order valence-corrected chi connectivity index (χ3v) is 3.68. The molecule has 3 nitrogen and oxygen atoms in total. The van der Waals surface area contributed by atoms with Crippen LogP contribution in [0.25, 0.3) is 0 Å². The molecule has 0 saturated heterocycles. The Morgan fingerprint density at radius 3 is 2.75 bits per heavy atom. The average Bonchev–Trinajstić information content (AvgIpc) is 2.43. The smallest absolute Gasteiger partial charge is 0.143 e. The van der Waals surface area contributed by atoms with Crippen molar-refractivity contribution in [3.8, 4) is 0 Å². The number of nitrogens with two attached hydrogens (primary N) is 1. The summed E-state index contributed by atoms with van der Waals surface area (Å²) < 4.78 is 28.0. The predicted molar refractivity (Wildman–Crippen MR) is 76.8 cm³/mol. The van der Waals surface area contributed by atoms with Gasteiger partial charge in [-0.05, 0) is 59.1 Å². The van der Waals surface area contributed by atoms with Crippen molar-refractivity contribution in [2.75, 3.05) is 0 Å². The van der Waals surface area contributed by atoms with Crippen LogP contribution in [0, 0.1) is 18.6 Å². The molecular weight excluding hydrogens is 328 g/mol. The first-order chi connectivity index (χ1) is 9.52. The van der Waals surface area contributed by atoms with Gasteiger partial charge in [0.1, 0.15) is 11.6 Å². The maximum absolute atomic E-state index is 14.0. The molecule has 1 aromatic carbocycles. The van der Waals surface area contributed by atoms with Crippen molar-refractivity contribution in [1.29, 1.82) is 0 Å². The highest BCUT2D eigenvalue weighted by Crippen LogP contribution is 2.26. The van der Waals surface area contributed by atoms with E-state index in [2.05, 4.69) is 26.3 Å². The Morgan fingerprint density at radius 2 is 2.10 bits per heavy atom. The molecule has 0 bridgehead atoms. The van der Waals surface area contributed by atoms with Gasteiger partial charge in [0.15, 0.2) is 0 Å². The lowest BCUT2D eigenvalue weighted by atomic mass is 9.99. The summed E-state index contributed by atoms with van der Waals surface area (Å²) in [7, 11) is 0. The van der Waals surface area contributed by atoms with Gasteiger partial charge >= 0.3 is 0 Å². The summed E-state index contributed by atoms with van der Waals surface area (Å²) in [5, 5.41) is 0. The molecule has 2 aromatic rings. The van der Waals surface area contributed by atoms with Crippen molar-refractivity contribution < 1.29 is 8.78 Å². The van der Waals surface area contributed by atoms with Gasteiger partial charge in [-0.3, -0.25) is 16.3 Å². The van der Waals surface area contributed by atoms with Gasteiger partial charge in [0.2, 0.25) is 0 Å². The van der Waals surface area contributed by atoms with Gasteiger partial charge in [-0.15, -0.1) is 0 Å². The molecule has 1 atom stereocenters. The Balaban J connectivity index is 2.34. The van der Waals surface area contributed by atoms with E-state index in [1.54, 1.807) is 12.3 Å². The molecule has 0 amide bonds. The molecule has 6 heteroatoms. The van der Waals surface area contributed by atoms with Crippen molar-refractivity contribution in [2.45, 2.75) is 19.4 Å². The van der Waals surface area contributed by atoms with Gasteiger partial charge in [0.05, 0.1) is 10.5 Å². The number of benzene rings is 1. The lowest BCUT2D eigenvalue weighted by Gasteiger charge is -2.18. The summed E-state index contributed by atoms with van der Waals surface area (Å²) in [4.78, 5) is 4.09. The van der Waals surface area contributed by atoms with Crippen molar-refractivity contribution in [3.05, 3.63) is 63.4 Å². The van der Waals surface area contributed by atoms with E-state index in [1.807, 2.05) is 13.0 Å². The second kappa shape index (κ2) is 6.39. The molecule has 0 fully saturated rings. The molecule has 0 aliphatic heterocycles. The zero-order valence-corrected chi connectivity index (χ0v) is 12.4. The largest absolute Gasteiger partial charge is 0.271 e. The second-order valence-corrected chi connectivity index (χ2v) is 5.33. The second-order valence-electron chi connectivity index (χ2n) is 4.48. The van der Waals surface area contributed by atoms with Crippen LogP contribution in [-0.4, -0.2) is 4.98 Å². The molecule has 0 spiro atoms. The van der Waals surface area contributed by atoms with Crippen molar-refractivity contribution in [2.24, 2.45) is 5.84 Å². The van der Waals surface area contributed by atoms with Crippen LogP contribution in [0.2, 0.25) is 0 Å². The molecule has 3 N–H and O–H groups in total. The predicted octanol–water partition coefficient (Wildman–Crippen LogP) is 3.18. The quantitative estimate of drug-likeness (QED) is 0.510. The standard InChI is InChI=1S/C14H14BrF2N3/c1-8-6-9(4-5-19-8)13(20-18)7-10-12(16)3-2-11(15)14(10)17/h2-6,13,20H,7,18H2,1H3. The summed E-state index contributed by atoms with van der Waals surface area (Å²) in [5.41, 5.74) is 4.24. The van der Waals surface area contributed by atoms with Crippen LogP contribution in [-0.2, 0) is 6.42 Å². The first-order valence-corrected chi connectivity index (χ1v) is 6.83. The van der Waals surface area contributed by atoms with Crippen molar-refractivity contribution in [1.82, 2.24) is 10.4 Å². The monoisotopic (exact) mass is 341 g/mol. The SMILES string of the molecule is Cc1cc(C(Cc2c(F)ccc(Br)c2F)NN)ccn1. The molecule has 0 aliphatic carbocycles. The van der Waals surface area contributed by atoms with Gasteiger partial charge in [0.25, 0.3) is 0 Å². The zero-order chi connectivity index (χ0) is 14.7. The van der Waals surface area contributed by atoms with Crippen molar-refractivity contribution in [3.63, 3.8) is 0 Å². The third-order valence-electron chi connectivity index (χ3n) is 3.07. The first kappa shape index (κ1) is 15.0. The Hall–Kier alpha value is -1.37. The summed E-state index contributed by atoms with van der Waals surface area (Å²) in [5.74, 6) is 4.33. The Labute approximate surface area is 124 Å². The summed E-state index contributed by atoms with van der Waals surface area (Å²) in [6.07, 6.45) is 1.75. The van der Waals surface area contributed by atoms with E-state index >= 15 is 0 Å². The van der Waals surface area contributed by atoms with Gasteiger partial charge in [-0.2, -0.15) is 0 Å². The summed E-state index contributed by atoms with van der Waals surface area (Å²) in [6, 6.07) is 5.78. The number of aryl methyl sites for hydroxylation is 1. The van der Waals surface area contributed by atoms with Crippen LogP contribution in [0.3, 0.4) is 0 Å². The number of pyridine rings is 1. The summed E-state index contributed by atoms with van der Waals surface area (Å²) in [6.45, 7) is 1.84. The molecule has 20 heavy (non-hydrogen) atoms. The normalized spacial score (nSPS) is 12.4. The van der Waals surface area contributed by atoms with Gasteiger partial charge < -0.3 is 0 Å². The van der Waals surface area contributed by atoms with E-state index in [1.165, 1.54) is 12.1 Å². The molecule has 1 heterocycles. The van der Waals surface area contributed by atoms with E-state index in [-0.39, 0.29) is 16.5 Å². The molecule has 106 valence electrons. The highest BCUT2D eigenvalue weighted by molar-refractivity contribution is 9.10. The van der Waals surface area contributed by atoms with E-state index in [4.69, 9.17) is 5.84 Å². The van der Waals surface area contributed by atoms with Gasteiger partial charge in [0, 0.05) is 17.5 Å². The van der Waals surface area contributed by atoms with E-state index in [9.17, 15) is 8.78 Å². The number of hydrogen-bond acceptors (Lipinski definition) is 3. The van der Waals surface area contributed by atoms with Crippen LogP contribution in [0.1, 0.15) is 22.9 Å². The fraction of sp³-hybridized carbons (Fsp3) is 0.214. The molecule has 1 aromatic heterocycles. The van der Waals surface area contributed by atoms with Crippen LogP contribution in [0.15, 0.2) is 34.9 Å². The average molecular weight is 342 g/mol. The van der Waals surface area contributed by atoms with Crippen LogP contribution in [0.5, 0.6) is 0 Å².